The van der Waals surface area contributed by atoms with E-state index in [1.165, 1.54) is 11.1 Å². The summed E-state index contributed by atoms with van der Waals surface area (Å²) in [5, 5.41) is 10.4. The predicted octanol–water partition coefficient (Wildman–Crippen LogP) is 3.96. The molecule has 1 aliphatic rings. The van der Waals surface area contributed by atoms with Gasteiger partial charge in [-0.3, -0.25) is 0 Å². The Hall–Kier alpha value is -1.64. The Morgan fingerprint density at radius 2 is 1.60 bits per heavy atom. The highest BCUT2D eigenvalue weighted by Crippen LogP contribution is 2.28. The molecule has 1 fully saturated rings. The predicted molar refractivity (Wildman–Crippen MR) is 80.4 cm³/mol. The van der Waals surface area contributed by atoms with E-state index < -0.39 is 6.10 Å². The Labute approximate surface area is 120 Å². The summed E-state index contributed by atoms with van der Waals surface area (Å²) in [4.78, 5) is 0. The van der Waals surface area contributed by atoms with Crippen LogP contribution in [-0.4, -0.2) is 17.8 Å². The second kappa shape index (κ2) is 6.21. The molecule has 1 aliphatic heterocycles. The second-order valence-electron chi connectivity index (χ2n) is 5.34. The molecular weight excluding hydrogens is 248 g/mol. The van der Waals surface area contributed by atoms with Crippen molar-refractivity contribution in [2.24, 2.45) is 0 Å². The van der Waals surface area contributed by atoms with E-state index in [-0.39, 0.29) is 6.10 Å². The molecule has 1 N–H and O–H groups in total. The maximum absolute atomic E-state index is 10.4. The van der Waals surface area contributed by atoms with Gasteiger partial charge in [-0.15, -0.1) is 0 Å². The van der Waals surface area contributed by atoms with Gasteiger partial charge in [0, 0.05) is 6.61 Å². The third-order valence-corrected chi connectivity index (χ3v) is 3.93. The van der Waals surface area contributed by atoms with Gasteiger partial charge in [0.25, 0.3) is 0 Å². The van der Waals surface area contributed by atoms with Crippen LogP contribution in [0.25, 0.3) is 11.1 Å². The summed E-state index contributed by atoms with van der Waals surface area (Å²) < 4.78 is 5.66. The molecule has 2 aromatic rings. The molecule has 0 aromatic heterocycles. The molecule has 0 bridgehead atoms. The fourth-order valence-corrected chi connectivity index (χ4v) is 2.73. The SMILES string of the molecule is OC(c1ccc(-c2ccccc2)cc1)C1CCCCO1. The van der Waals surface area contributed by atoms with Gasteiger partial charge in [-0.25, -0.2) is 0 Å². The highest BCUT2D eigenvalue weighted by Gasteiger charge is 2.23. The maximum Gasteiger partial charge on any atom is 0.105 e. The highest BCUT2D eigenvalue weighted by molar-refractivity contribution is 5.63. The summed E-state index contributed by atoms with van der Waals surface area (Å²) in [6, 6.07) is 18.4. The Bertz CT molecular complexity index is 527. The van der Waals surface area contributed by atoms with Gasteiger partial charge in [0.2, 0.25) is 0 Å². The normalized spacial score (nSPS) is 20.6. The van der Waals surface area contributed by atoms with Crippen molar-refractivity contribution in [3.63, 3.8) is 0 Å². The van der Waals surface area contributed by atoms with Crippen LogP contribution in [0.2, 0.25) is 0 Å². The molecule has 2 heteroatoms. The fourth-order valence-electron chi connectivity index (χ4n) is 2.73. The van der Waals surface area contributed by atoms with Gasteiger partial charge in [-0.1, -0.05) is 54.6 Å². The van der Waals surface area contributed by atoms with Crippen molar-refractivity contribution in [1.82, 2.24) is 0 Å². The zero-order chi connectivity index (χ0) is 13.8. The minimum absolute atomic E-state index is 0.0497. The Balaban J connectivity index is 1.75. The summed E-state index contributed by atoms with van der Waals surface area (Å²) in [7, 11) is 0. The molecule has 2 aromatic carbocycles. The number of aliphatic hydroxyl groups excluding tert-OH is 1. The van der Waals surface area contributed by atoms with Gasteiger partial charge in [0.05, 0.1) is 6.10 Å². The second-order valence-corrected chi connectivity index (χ2v) is 5.34. The van der Waals surface area contributed by atoms with Crippen LogP contribution in [0.5, 0.6) is 0 Å². The Morgan fingerprint density at radius 1 is 0.900 bits per heavy atom. The van der Waals surface area contributed by atoms with E-state index in [0.717, 1.165) is 31.4 Å². The van der Waals surface area contributed by atoms with E-state index in [0.29, 0.717) is 0 Å². The summed E-state index contributed by atoms with van der Waals surface area (Å²) >= 11 is 0. The van der Waals surface area contributed by atoms with Crippen molar-refractivity contribution >= 4 is 0 Å². The average Bonchev–Trinajstić information content (AvgIpc) is 2.56. The molecule has 1 saturated heterocycles. The Kier molecular flexibility index (Phi) is 4.14. The quantitative estimate of drug-likeness (QED) is 0.913. The third-order valence-electron chi connectivity index (χ3n) is 3.93. The van der Waals surface area contributed by atoms with Crippen LogP contribution in [0.1, 0.15) is 30.9 Å². The van der Waals surface area contributed by atoms with E-state index in [2.05, 4.69) is 24.3 Å². The smallest absolute Gasteiger partial charge is 0.105 e. The lowest BCUT2D eigenvalue weighted by atomic mass is 9.96. The number of aliphatic hydroxyl groups is 1. The first-order valence-corrected chi connectivity index (χ1v) is 7.29. The van der Waals surface area contributed by atoms with Crippen molar-refractivity contribution in [2.45, 2.75) is 31.5 Å². The van der Waals surface area contributed by atoms with Crippen molar-refractivity contribution in [3.8, 4) is 11.1 Å². The lowest BCUT2D eigenvalue weighted by molar-refractivity contribution is -0.0633. The van der Waals surface area contributed by atoms with Crippen molar-refractivity contribution < 1.29 is 9.84 Å². The zero-order valence-corrected chi connectivity index (χ0v) is 11.5. The van der Waals surface area contributed by atoms with Gasteiger partial charge in [0.15, 0.2) is 0 Å². The average molecular weight is 268 g/mol. The van der Waals surface area contributed by atoms with E-state index in [1.54, 1.807) is 0 Å². The number of hydrogen-bond donors (Lipinski definition) is 1. The molecule has 2 nitrogen and oxygen atoms in total. The lowest BCUT2D eigenvalue weighted by Crippen LogP contribution is -2.26. The van der Waals surface area contributed by atoms with E-state index in [9.17, 15) is 5.11 Å². The first-order chi connectivity index (χ1) is 9.84. The van der Waals surface area contributed by atoms with Crippen LogP contribution < -0.4 is 0 Å². The Morgan fingerprint density at radius 3 is 2.25 bits per heavy atom. The standard InChI is InChI=1S/C18H20O2/c19-18(17-8-4-5-13-20-17)16-11-9-15(10-12-16)14-6-2-1-3-7-14/h1-3,6-7,9-12,17-19H,4-5,8,13H2. The summed E-state index contributed by atoms with van der Waals surface area (Å²) in [5.41, 5.74) is 3.31. The van der Waals surface area contributed by atoms with E-state index >= 15 is 0 Å². The monoisotopic (exact) mass is 268 g/mol. The zero-order valence-electron chi connectivity index (χ0n) is 11.5. The number of benzene rings is 2. The summed E-state index contributed by atoms with van der Waals surface area (Å²) in [5.74, 6) is 0. The van der Waals surface area contributed by atoms with Crippen LogP contribution in [0.15, 0.2) is 54.6 Å². The minimum Gasteiger partial charge on any atom is -0.386 e. The molecule has 0 saturated carbocycles. The van der Waals surface area contributed by atoms with Gasteiger partial charge in [0.1, 0.15) is 6.10 Å². The molecular formula is C18H20O2. The molecule has 2 unspecified atom stereocenters. The van der Waals surface area contributed by atoms with E-state index in [4.69, 9.17) is 4.74 Å². The van der Waals surface area contributed by atoms with Crippen LogP contribution in [0.3, 0.4) is 0 Å². The van der Waals surface area contributed by atoms with E-state index in [1.807, 2.05) is 30.3 Å². The molecule has 0 spiro atoms. The molecule has 0 aliphatic carbocycles. The summed E-state index contributed by atoms with van der Waals surface area (Å²) in [6.07, 6.45) is 2.63. The van der Waals surface area contributed by atoms with Gasteiger partial charge >= 0.3 is 0 Å². The van der Waals surface area contributed by atoms with Gasteiger partial charge < -0.3 is 9.84 Å². The lowest BCUT2D eigenvalue weighted by Gasteiger charge is -2.27. The molecule has 104 valence electrons. The highest BCUT2D eigenvalue weighted by atomic mass is 16.5. The molecule has 3 rings (SSSR count). The molecule has 0 radical (unpaired) electrons. The fraction of sp³-hybridized carbons (Fsp3) is 0.333. The first kappa shape index (κ1) is 13.3. The van der Waals surface area contributed by atoms with Crippen molar-refractivity contribution in [3.05, 3.63) is 60.2 Å². The molecule has 20 heavy (non-hydrogen) atoms. The van der Waals surface area contributed by atoms with Crippen LogP contribution >= 0.6 is 0 Å². The molecule has 0 amide bonds. The third kappa shape index (κ3) is 2.92. The van der Waals surface area contributed by atoms with Gasteiger partial charge in [-0.2, -0.15) is 0 Å². The van der Waals surface area contributed by atoms with Crippen LogP contribution in [0.4, 0.5) is 0 Å². The first-order valence-electron chi connectivity index (χ1n) is 7.29. The van der Waals surface area contributed by atoms with Crippen LogP contribution in [0, 0.1) is 0 Å². The molecule has 1 heterocycles. The number of hydrogen-bond acceptors (Lipinski definition) is 2. The maximum atomic E-state index is 10.4. The summed E-state index contributed by atoms with van der Waals surface area (Å²) in [6.45, 7) is 0.768. The largest absolute Gasteiger partial charge is 0.386 e. The van der Waals surface area contributed by atoms with Crippen molar-refractivity contribution in [2.75, 3.05) is 6.61 Å². The molecule has 2 atom stereocenters. The van der Waals surface area contributed by atoms with Crippen molar-refractivity contribution in [1.29, 1.82) is 0 Å². The number of ether oxygens (including phenoxy) is 1. The minimum atomic E-state index is -0.514. The number of rotatable bonds is 3. The van der Waals surface area contributed by atoms with Gasteiger partial charge in [-0.05, 0) is 36.0 Å². The van der Waals surface area contributed by atoms with Crippen LogP contribution in [-0.2, 0) is 4.74 Å². The topological polar surface area (TPSA) is 29.5 Å².